The molecule has 1 heterocycles. The van der Waals surface area contributed by atoms with E-state index in [0.29, 0.717) is 30.9 Å². The SMILES string of the molecule is CC#CCOc1ccc(C[C@H](NC(=O)[C@@H](C=CCCCCCCC2(CCCCCCC)OCCO2)[C@@](O)(COC)C(=O)O)C(=O)OC)cc1. The van der Waals surface area contributed by atoms with Crippen LogP contribution < -0.4 is 10.1 Å². The van der Waals surface area contributed by atoms with E-state index in [9.17, 15) is 24.6 Å². The highest BCUT2D eigenvalue weighted by Crippen LogP contribution is 2.32. The van der Waals surface area contributed by atoms with E-state index < -0.39 is 47.8 Å². The Morgan fingerprint density at radius 1 is 1.00 bits per heavy atom. The zero-order chi connectivity index (χ0) is 36.0. The Morgan fingerprint density at radius 3 is 2.20 bits per heavy atom. The number of aliphatic hydroxyl groups is 1. The lowest BCUT2D eigenvalue weighted by Gasteiger charge is -2.30. The summed E-state index contributed by atoms with van der Waals surface area (Å²) >= 11 is 0. The molecule has 0 bridgehead atoms. The molecule has 0 aromatic heterocycles. The van der Waals surface area contributed by atoms with E-state index in [0.717, 1.165) is 44.9 Å². The van der Waals surface area contributed by atoms with Crippen molar-refractivity contribution in [3.8, 4) is 17.6 Å². The van der Waals surface area contributed by atoms with Crippen LogP contribution in [0.3, 0.4) is 0 Å². The Hall–Kier alpha value is -3.43. The minimum absolute atomic E-state index is 0.0654. The number of amides is 1. The average molecular weight is 688 g/mol. The predicted octanol–water partition coefficient (Wildman–Crippen LogP) is 5.37. The number of rotatable bonds is 25. The maximum atomic E-state index is 13.6. The number of carboxylic acids is 1. The van der Waals surface area contributed by atoms with Gasteiger partial charge in [0.15, 0.2) is 11.4 Å². The molecule has 1 fully saturated rings. The second kappa shape index (κ2) is 23.1. The van der Waals surface area contributed by atoms with Crippen LogP contribution in [0.15, 0.2) is 36.4 Å². The van der Waals surface area contributed by atoms with Crippen LogP contribution in [0.25, 0.3) is 0 Å². The second-order valence-electron chi connectivity index (χ2n) is 12.4. The van der Waals surface area contributed by atoms with Crippen molar-refractivity contribution in [2.24, 2.45) is 5.92 Å². The molecule has 11 heteroatoms. The highest BCUT2D eigenvalue weighted by atomic mass is 16.7. The van der Waals surface area contributed by atoms with Gasteiger partial charge in [0.05, 0.1) is 32.8 Å². The summed E-state index contributed by atoms with van der Waals surface area (Å²) in [5.41, 5.74) is -1.87. The first kappa shape index (κ1) is 41.7. The average Bonchev–Trinajstić information content (AvgIpc) is 3.56. The number of hydrogen-bond acceptors (Lipinski definition) is 9. The summed E-state index contributed by atoms with van der Waals surface area (Å²) in [7, 11) is 2.44. The number of hydrogen-bond donors (Lipinski definition) is 3. The number of unbranched alkanes of at least 4 members (excludes halogenated alkanes) is 8. The number of carbonyl (C=O) groups excluding carboxylic acids is 2. The second-order valence-corrected chi connectivity index (χ2v) is 12.4. The molecule has 274 valence electrons. The third-order valence-corrected chi connectivity index (χ3v) is 8.67. The van der Waals surface area contributed by atoms with Crippen molar-refractivity contribution in [3.63, 3.8) is 0 Å². The zero-order valence-corrected chi connectivity index (χ0v) is 29.8. The molecule has 1 saturated heterocycles. The van der Waals surface area contributed by atoms with E-state index in [1.807, 2.05) is 0 Å². The lowest BCUT2D eigenvalue weighted by Crippen LogP contribution is -2.56. The van der Waals surface area contributed by atoms with Crippen LogP contribution in [0.2, 0.25) is 0 Å². The Kier molecular flexibility index (Phi) is 19.6. The van der Waals surface area contributed by atoms with Gasteiger partial charge in [-0.3, -0.25) is 4.79 Å². The van der Waals surface area contributed by atoms with Crippen LogP contribution in [0.1, 0.15) is 96.5 Å². The van der Waals surface area contributed by atoms with Crippen LogP contribution >= 0.6 is 0 Å². The predicted molar refractivity (Wildman–Crippen MR) is 186 cm³/mol. The van der Waals surface area contributed by atoms with Gasteiger partial charge < -0.3 is 39.2 Å². The summed E-state index contributed by atoms with van der Waals surface area (Å²) in [4.78, 5) is 38.5. The number of aliphatic carboxylic acids is 1. The van der Waals surface area contributed by atoms with Crippen LogP contribution in [-0.4, -0.2) is 86.1 Å². The van der Waals surface area contributed by atoms with E-state index in [-0.39, 0.29) is 13.0 Å². The van der Waals surface area contributed by atoms with E-state index in [1.165, 1.54) is 46.0 Å². The Balaban J connectivity index is 2.00. The first-order chi connectivity index (χ1) is 23.6. The minimum Gasteiger partial charge on any atom is -0.481 e. The number of carbonyl (C=O) groups is 3. The lowest BCUT2D eigenvalue weighted by molar-refractivity contribution is -0.173. The molecule has 1 aromatic rings. The van der Waals surface area contributed by atoms with Gasteiger partial charge in [-0.2, -0.15) is 0 Å². The van der Waals surface area contributed by atoms with E-state index in [1.54, 1.807) is 37.3 Å². The Bertz CT molecular complexity index is 1220. The maximum absolute atomic E-state index is 13.6. The fourth-order valence-electron chi connectivity index (χ4n) is 5.87. The standard InChI is InChI=1S/C38H57NO10/c1-5-7-9-13-16-23-37(48-26-27-49-37)24-17-14-11-10-12-15-18-32(38(44,29-45-3)36(42)43)34(40)39-33(35(41)46-4)28-30-19-21-31(22-20-30)47-25-8-6-2/h15,18-22,32-33,44H,5,7,9-14,16-17,23-29H2,1-4H3,(H,39,40)(H,42,43)/t32-,33+,38+/m1/s1. The molecule has 49 heavy (non-hydrogen) atoms. The molecule has 3 N–H and O–H groups in total. The van der Waals surface area contributed by atoms with Gasteiger partial charge in [0, 0.05) is 26.4 Å². The van der Waals surface area contributed by atoms with Crippen molar-refractivity contribution in [2.45, 2.75) is 115 Å². The van der Waals surface area contributed by atoms with Crippen LogP contribution in [0.5, 0.6) is 5.75 Å². The van der Waals surface area contributed by atoms with Crippen molar-refractivity contribution in [1.82, 2.24) is 5.32 Å². The Morgan fingerprint density at radius 2 is 1.63 bits per heavy atom. The third-order valence-electron chi connectivity index (χ3n) is 8.67. The molecule has 0 unspecified atom stereocenters. The summed E-state index contributed by atoms with van der Waals surface area (Å²) < 4.78 is 27.5. The van der Waals surface area contributed by atoms with Crippen molar-refractivity contribution in [3.05, 3.63) is 42.0 Å². The highest BCUT2D eigenvalue weighted by molar-refractivity contribution is 5.93. The highest BCUT2D eigenvalue weighted by Gasteiger charge is 2.48. The number of carboxylic acid groups (broad SMARTS) is 1. The summed E-state index contributed by atoms with van der Waals surface area (Å²) in [5, 5.41) is 23.7. The quantitative estimate of drug-likeness (QED) is 0.0530. The van der Waals surface area contributed by atoms with E-state index in [4.69, 9.17) is 23.7 Å². The molecule has 0 aliphatic carbocycles. The van der Waals surface area contributed by atoms with Crippen molar-refractivity contribution in [1.29, 1.82) is 0 Å². The molecule has 3 atom stereocenters. The number of esters is 1. The van der Waals surface area contributed by atoms with Crippen molar-refractivity contribution < 1.29 is 48.3 Å². The molecular formula is C38H57NO10. The third kappa shape index (κ3) is 14.5. The van der Waals surface area contributed by atoms with E-state index in [2.05, 4.69) is 24.1 Å². The minimum atomic E-state index is -2.57. The van der Waals surface area contributed by atoms with Gasteiger partial charge in [-0.1, -0.05) is 75.7 Å². The topological polar surface area (TPSA) is 150 Å². The molecule has 0 spiro atoms. The van der Waals surface area contributed by atoms with Crippen molar-refractivity contribution in [2.75, 3.05) is 40.6 Å². The summed E-state index contributed by atoms with van der Waals surface area (Å²) in [6.07, 6.45) is 15.2. The molecule has 1 aliphatic heterocycles. The number of methoxy groups -OCH3 is 2. The molecule has 1 amide bonds. The molecule has 0 saturated carbocycles. The zero-order valence-electron chi connectivity index (χ0n) is 29.8. The molecule has 1 aliphatic rings. The number of nitrogens with one attached hydrogen (secondary N) is 1. The number of benzene rings is 1. The normalized spacial score (nSPS) is 16.3. The molecule has 1 aromatic carbocycles. The smallest absolute Gasteiger partial charge is 0.339 e. The lowest BCUT2D eigenvalue weighted by atomic mass is 9.86. The summed E-state index contributed by atoms with van der Waals surface area (Å²) in [6, 6.07) is 5.79. The van der Waals surface area contributed by atoms with E-state index >= 15 is 0 Å². The molecule has 0 radical (unpaired) electrons. The first-order valence-electron chi connectivity index (χ1n) is 17.5. The first-order valence-corrected chi connectivity index (χ1v) is 17.5. The van der Waals surface area contributed by atoms with Gasteiger partial charge in [0.1, 0.15) is 18.4 Å². The maximum Gasteiger partial charge on any atom is 0.339 e. The van der Waals surface area contributed by atoms with Gasteiger partial charge in [-0.15, -0.1) is 5.92 Å². The fraction of sp³-hybridized carbons (Fsp3) is 0.658. The monoisotopic (exact) mass is 687 g/mol. The molecule has 11 nitrogen and oxygen atoms in total. The number of ether oxygens (including phenoxy) is 5. The van der Waals surface area contributed by atoms with Crippen LogP contribution in [0, 0.1) is 17.8 Å². The molecular weight excluding hydrogens is 630 g/mol. The van der Waals surface area contributed by atoms with Gasteiger partial charge in [0.2, 0.25) is 5.91 Å². The van der Waals surface area contributed by atoms with Gasteiger partial charge in [-0.25, -0.2) is 9.59 Å². The van der Waals surface area contributed by atoms with Gasteiger partial charge >= 0.3 is 11.9 Å². The summed E-state index contributed by atoms with van der Waals surface area (Å²) in [6.45, 7) is 4.81. The Labute approximate surface area is 292 Å². The molecule has 2 rings (SSSR count). The largest absolute Gasteiger partial charge is 0.481 e. The van der Waals surface area contributed by atoms with Crippen LogP contribution in [-0.2, 0) is 39.8 Å². The summed E-state index contributed by atoms with van der Waals surface area (Å²) in [5.74, 6) is 0.977. The van der Waals surface area contributed by atoms with Gasteiger partial charge in [0.25, 0.3) is 0 Å². The van der Waals surface area contributed by atoms with Gasteiger partial charge in [-0.05, 0) is 50.3 Å². The fourth-order valence-corrected chi connectivity index (χ4v) is 5.87. The van der Waals surface area contributed by atoms with Crippen LogP contribution in [0.4, 0.5) is 0 Å². The van der Waals surface area contributed by atoms with Crippen molar-refractivity contribution >= 4 is 17.8 Å². The number of allylic oxidation sites excluding steroid dienone is 1.